The maximum Gasteiger partial charge on any atom is 0.257 e. The topological polar surface area (TPSA) is 97.6 Å². The van der Waals surface area contributed by atoms with Gasteiger partial charge in [0.2, 0.25) is 0 Å². The van der Waals surface area contributed by atoms with Crippen LogP contribution in [-0.4, -0.2) is 34.8 Å². The molecule has 10 heteroatoms. The fraction of sp³-hybridized carbons (Fsp3) is 0.0476. The van der Waals surface area contributed by atoms with E-state index in [1.807, 2.05) is 49.4 Å². The van der Waals surface area contributed by atoms with Gasteiger partial charge in [0.05, 0.1) is 17.4 Å². The molecule has 0 unspecified atom stereocenters. The number of amides is 1. The van der Waals surface area contributed by atoms with E-state index in [1.165, 1.54) is 0 Å². The van der Waals surface area contributed by atoms with Crippen molar-refractivity contribution in [2.24, 2.45) is 0 Å². The normalized spacial score (nSPS) is 11.0. The quantitative estimate of drug-likeness (QED) is 0.407. The summed E-state index contributed by atoms with van der Waals surface area (Å²) in [6.07, 6.45) is 0. The third-order valence-electron chi connectivity index (χ3n) is 4.70. The predicted octanol–water partition coefficient (Wildman–Crippen LogP) is 3.86. The summed E-state index contributed by atoms with van der Waals surface area (Å²) in [5, 5.41) is 15.1. The molecule has 0 bridgehead atoms. The Labute approximate surface area is 186 Å². The average Bonchev–Trinajstić information content (AvgIpc) is 3.40. The van der Waals surface area contributed by atoms with Gasteiger partial charge in [-0.3, -0.25) is 10.1 Å². The molecule has 0 radical (unpaired) electrons. The number of thiocarbonyl (C=S) groups is 1. The Kier molecular flexibility index (Phi) is 4.85. The lowest BCUT2D eigenvalue weighted by molar-refractivity contribution is 0.0978. The molecule has 0 saturated carbocycles. The number of nitrogens with zero attached hydrogens (tertiary/aromatic N) is 5. The van der Waals surface area contributed by atoms with E-state index >= 15 is 0 Å². The third kappa shape index (κ3) is 3.86. The first-order valence-electron chi connectivity index (χ1n) is 9.34. The van der Waals surface area contributed by atoms with E-state index in [0.717, 1.165) is 39.7 Å². The highest BCUT2D eigenvalue weighted by molar-refractivity contribution is 7.80. The number of hydrogen-bond acceptors (Lipinski definition) is 7. The van der Waals surface area contributed by atoms with Gasteiger partial charge in [0.15, 0.2) is 5.11 Å². The van der Waals surface area contributed by atoms with Crippen LogP contribution in [0.4, 0.5) is 5.69 Å². The molecular weight excluding hydrogens is 430 g/mol. The van der Waals surface area contributed by atoms with Gasteiger partial charge in [-0.15, -0.1) is 10.2 Å². The molecule has 0 fully saturated rings. The molecule has 0 aliphatic rings. The van der Waals surface area contributed by atoms with Crippen molar-refractivity contribution in [1.82, 2.24) is 29.1 Å². The van der Waals surface area contributed by atoms with Crippen LogP contribution in [0.2, 0.25) is 0 Å². The molecule has 0 saturated heterocycles. The molecule has 2 N–H and O–H groups in total. The van der Waals surface area contributed by atoms with Crippen LogP contribution in [0.25, 0.3) is 27.8 Å². The lowest BCUT2D eigenvalue weighted by atomic mass is 10.1. The molecule has 5 aromatic rings. The van der Waals surface area contributed by atoms with E-state index in [4.69, 9.17) is 12.2 Å². The van der Waals surface area contributed by atoms with Gasteiger partial charge in [0.1, 0.15) is 22.1 Å². The minimum absolute atomic E-state index is 0.194. The molecule has 1 amide bonds. The number of fused-ring (bicyclic) bond motifs is 2. The SMILES string of the molecule is Cc1cc2nn(-c3ccccc3)nc2cc1NC(=S)NC(=O)c1ccc2nsnc2c1. The predicted molar refractivity (Wildman–Crippen MR) is 125 cm³/mol. The van der Waals surface area contributed by atoms with Crippen molar-refractivity contribution in [2.45, 2.75) is 6.92 Å². The lowest BCUT2D eigenvalue weighted by Gasteiger charge is -2.11. The van der Waals surface area contributed by atoms with Crippen LogP contribution >= 0.6 is 23.9 Å². The minimum Gasteiger partial charge on any atom is -0.332 e. The number of benzene rings is 3. The Morgan fingerprint density at radius 2 is 1.68 bits per heavy atom. The standard InChI is InChI=1S/C21H15N7OS2/c1-12-9-17-18(25-28(24-17)14-5-3-2-4-6-14)11-16(12)22-21(30)23-20(29)13-7-8-15-19(10-13)27-31-26-15/h2-11H,1H3,(H2,22,23,29,30). The second kappa shape index (κ2) is 7.82. The van der Waals surface area contributed by atoms with Crippen LogP contribution in [0.3, 0.4) is 0 Å². The molecule has 5 rings (SSSR count). The van der Waals surface area contributed by atoms with Crippen LogP contribution in [0.1, 0.15) is 15.9 Å². The zero-order valence-corrected chi connectivity index (χ0v) is 17.9. The number of carbonyl (C=O) groups is 1. The molecule has 0 atom stereocenters. The Balaban J connectivity index is 1.34. The number of para-hydroxylation sites is 1. The van der Waals surface area contributed by atoms with Crippen molar-refractivity contribution in [3.63, 3.8) is 0 Å². The van der Waals surface area contributed by atoms with Crippen LogP contribution in [0.5, 0.6) is 0 Å². The zero-order chi connectivity index (χ0) is 21.4. The van der Waals surface area contributed by atoms with E-state index in [2.05, 4.69) is 29.6 Å². The van der Waals surface area contributed by atoms with Crippen LogP contribution < -0.4 is 10.6 Å². The number of aromatic nitrogens is 5. The molecule has 0 aliphatic heterocycles. The Bertz CT molecular complexity index is 1440. The van der Waals surface area contributed by atoms with Gasteiger partial charge >= 0.3 is 0 Å². The molecule has 0 spiro atoms. The number of hydrogen-bond donors (Lipinski definition) is 2. The van der Waals surface area contributed by atoms with Crippen molar-refractivity contribution in [3.05, 3.63) is 71.8 Å². The number of nitrogens with one attached hydrogen (secondary N) is 2. The summed E-state index contributed by atoms with van der Waals surface area (Å²) in [4.78, 5) is 14.2. The summed E-state index contributed by atoms with van der Waals surface area (Å²) in [5.41, 5.74) is 5.94. The van der Waals surface area contributed by atoms with Gasteiger partial charge in [0.25, 0.3) is 5.91 Å². The molecule has 0 aliphatic carbocycles. The fourth-order valence-corrected chi connectivity index (χ4v) is 3.85. The van der Waals surface area contributed by atoms with Crippen molar-refractivity contribution in [3.8, 4) is 5.69 Å². The van der Waals surface area contributed by atoms with Gasteiger partial charge < -0.3 is 5.32 Å². The van der Waals surface area contributed by atoms with E-state index in [-0.39, 0.29) is 11.0 Å². The van der Waals surface area contributed by atoms with Crippen molar-refractivity contribution < 1.29 is 4.79 Å². The monoisotopic (exact) mass is 445 g/mol. The highest BCUT2D eigenvalue weighted by Crippen LogP contribution is 2.22. The number of carbonyl (C=O) groups excluding carboxylic acids is 1. The first-order valence-corrected chi connectivity index (χ1v) is 10.5. The number of rotatable bonds is 3. The summed E-state index contributed by atoms with van der Waals surface area (Å²) in [6, 6.07) is 18.6. The summed E-state index contributed by atoms with van der Waals surface area (Å²) in [6.45, 7) is 1.94. The van der Waals surface area contributed by atoms with Gasteiger partial charge in [-0.25, -0.2) is 0 Å². The Morgan fingerprint density at radius 3 is 2.48 bits per heavy atom. The molecular formula is C21H15N7OS2. The van der Waals surface area contributed by atoms with Crippen molar-refractivity contribution >= 4 is 62.7 Å². The molecule has 2 heterocycles. The first-order chi connectivity index (χ1) is 15.1. The minimum atomic E-state index is -0.318. The van der Waals surface area contributed by atoms with E-state index in [1.54, 1.807) is 23.0 Å². The summed E-state index contributed by atoms with van der Waals surface area (Å²) in [7, 11) is 0. The highest BCUT2D eigenvalue weighted by atomic mass is 32.1. The maximum atomic E-state index is 12.6. The Hall–Kier alpha value is -3.76. The average molecular weight is 446 g/mol. The van der Waals surface area contributed by atoms with Crippen molar-refractivity contribution in [1.29, 1.82) is 0 Å². The Morgan fingerprint density at radius 1 is 0.935 bits per heavy atom. The van der Waals surface area contributed by atoms with E-state index in [0.29, 0.717) is 16.6 Å². The second-order valence-electron chi connectivity index (χ2n) is 6.86. The molecule has 31 heavy (non-hydrogen) atoms. The third-order valence-corrected chi connectivity index (χ3v) is 5.47. The number of aryl methyl sites for hydroxylation is 1. The van der Waals surface area contributed by atoms with Gasteiger partial charge in [0, 0.05) is 11.3 Å². The van der Waals surface area contributed by atoms with Crippen molar-refractivity contribution in [2.75, 3.05) is 5.32 Å². The first kappa shape index (κ1) is 19.2. The molecule has 3 aromatic carbocycles. The van der Waals surface area contributed by atoms with E-state index in [9.17, 15) is 4.79 Å². The van der Waals surface area contributed by atoms with E-state index < -0.39 is 0 Å². The summed E-state index contributed by atoms with van der Waals surface area (Å²) in [5.74, 6) is -0.318. The second-order valence-corrected chi connectivity index (χ2v) is 7.79. The molecule has 2 aromatic heterocycles. The van der Waals surface area contributed by atoms with Gasteiger partial charge in [-0.1, -0.05) is 18.2 Å². The fourth-order valence-electron chi connectivity index (χ4n) is 3.13. The largest absolute Gasteiger partial charge is 0.332 e. The zero-order valence-electron chi connectivity index (χ0n) is 16.2. The van der Waals surface area contributed by atoms with Crippen LogP contribution in [0.15, 0.2) is 60.7 Å². The van der Waals surface area contributed by atoms with Gasteiger partial charge in [-0.2, -0.15) is 13.5 Å². The highest BCUT2D eigenvalue weighted by Gasteiger charge is 2.13. The van der Waals surface area contributed by atoms with Gasteiger partial charge in [-0.05, 0) is 67.2 Å². The van der Waals surface area contributed by atoms with Crippen LogP contribution in [0, 0.1) is 6.92 Å². The number of anilines is 1. The van der Waals surface area contributed by atoms with Crippen LogP contribution in [-0.2, 0) is 0 Å². The molecule has 152 valence electrons. The molecule has 8 nitrogen and oxygen atoms in total. The summed E-state index contributed by atoms with van der Waals surface area (Å²) >= 11 is 6.45. The summed E-state index contributed by atoms with van der Waals surface area (Å²) < 4.78 is 8.30. The smallest absolute Gasteiger partial charge is 0.257 e. The maximum absolute atomic E-state index is 12.6. The lowest BCUT2D eigenvalue weighted by Crippen LogP contribution is -2.34.